The van der Waals surface area contributed by atoms with Gasteiger partial charge < -0.3 is 10.4 Å². The van der Waals surface area contributed by atoms with Crippen LogP contribution in [-0.4, -0.2) is 43.7 Å². The Morgan fingerprint density at radius 1 is 1.48 bits per heavy atom. The molecule has 0 spiro atoms. The first-order valence-corrected chi connectivity index (χ1v) is 8.03. The number of aliphatic hydroxyl groups is 1. The Hall–Kier alpha value is -1.93. The Morgan fingerprint density at radius 2 is 2.19 bits per heavy atom. The highest BCUT2D eigenvalue weighted by atomic mass is 32.2. The molecule has 1 aromatic rings. The molecule has 0 unspecified atom stereocenters. The SMILES string of the molecule is C[C@@H](CO)NC(=O)c1cccc(N2C(=O)CCS2(=O)=O)c1. The van der Waals surface area contributed by atoms with Gasteiger partial charge >= 0.3 is 0 Å². The number of benzene rings is 1. The highest BCUT2D eigenvalue weighted by molar-refractivity contribution is 7.94. The average molecular weight is 312 g/mol. The van der Waals surface area contributed by atoms with Crippen LogP contribution in [0.5, 0.6) is 0 Å². The number of amides is 2. The molecule has 0 radical (unpaired) electrons. The predicted octanol–water partition coefficient (Wildman–Crippen LogP) is -0.136. The largest absolute Gasteiger partial charge is 0.394 e. The molecule has 0 aromatic heterocycles. The van der Waals surface area contributed by atoms with Crippen LogP contribution in [0.4, 0.5) is 5.69 Å². The van der Waals surface area contributed by atoms with Crippen LogP contribution in [0.15, 0.2) is 24.3 Å². The molecule has 0 saturated carbocycles. The molecule has 114 valence electrons. The van der Waals surface area contributed by atoms with E-state index in [9.17, 15) is 18.0 Å². The van der Waals surface area contributed by atoms with Crippen molar-refractivity contribution in [2.24, 2.45) is 0 Å². The van der Waals surface area contributed by atoms with Gasteiger partial charge in [-0.25, -0.2) is 12.7 Å². The average Bonchev–Trinajstić information content (AvgIpc) is 2.72. The van der Waals surface area contributed by atoms with Gasteiger partial charge in [-0.05, 0) is 25.1 Å². The number of nitrogens with one attached hydrogen (secondary N) is 1. The molecule has 1 aliphatic heterocycles. The molecule has 8 heteroatoms. The monoisotopic (exact) mass is 312 g/mol. The summed E-state index contributed by atoms with van der Waals surface area (Å²) in [5.41, 5.74) is 0.379. The van der Waals surface area contributed by atoms with E-state index < -0.39 is 27.9 Å². The number of sulfonamides is 1. The quantitative estimate of drug-likeness (QED) is 0.805. The lowest BCUT2D eigenvalue weighted by Gasteiger charge is -2.16. The molecule has 1 saturated heterocycles. The molecule has 1 fully saturated rings. The van der Waals surface area contributed by atoms with Gasteiger partial charge in [0.15, 0.2) is 0 Å². The second-order valence-corrected chi connectivity index (χ2v) is 6.77. The molecule has 2 rings (SSSR count). The molecule has 1 heterocycles. The Bertz CT molecular complexity index is 671. The van der Waals surface area contributed by atoms with Gasteiger partial charge in [-0.1, -0.05) is 6.07 Å². The van der Waals surface area contributed by atoms with Crippen molar-refractivity contribution in [2.45, 2.75) is 19.4 Å². The smallest absolute Gasteiger partial charge is 0.251 e. The van der Waals surface area contributed by atoms with Gasteiger partial charge in [-0.15, -0.1) is 0 Å². The van der Waals surface area contributed by atoms with Crippen molar-refractivity contribution >= 4 is 27.5 Å². The van der Waals surface area contributed by atoms with Crippen LogP contribution in [-0.2, 0) is 14.8 Å². The molecule has 7 nitrogen and oxygen atoms in total. The Balaban J connectivity index is 2.30. The second-order valence-electron chi connectivity index (χ2n) is 4.83. The number of nitrogens with zero attached hydrogens (tertiary/aromatic N) is 1. The van der Waals surface area contributed by atoms with E-state index >= 15 is 0 Å². The summed E-state index contributed by atoms with van der Waals surface area (Å²) in [5, 5.41) is 11.5. The van der Waals surface area contributed by atoms with Gasteiger partial charge in [-0.3, -0.25) is 9.59 Å². The summed E-state index contributed by atoms with van der Waals surface area (Å²) in [6, 6.07) is 5.41. The number of anilines is 1. The standard InChI is InChI=1S/C13H16N2O5S/c1-9(8-16)14-13(18)10-3-2-4-11(7-10)15-12(17)5-6-21(15,19)20/h2-4,7,9,16H,5-6,8H2,1H3,(H,14,18)/t9-/m0/s1. The fourth-order valence-electron chi connectivity index (χ4n) is 2.00. The van der Waals surface area contributed by atoms with Crippen LogP contribution in [0.1, 0.15) is 23.7 Å². The summed E-state index contributed by atoms with van der Waals surface area (Å²) in [6.07, 6.45) is -0.0553. The Kier molecular flexibility index (Phi) is 4.29. The molecule has 2 N–H and O–H groups in total. The summed E-state index contributed by atoms with van der Waals surface area (Å²) in [4.78, 5) is 23.7. The summed E-state index contributed by atoms with van der Waals surface area (Å²) in [7, 11) is -3.65. The van der Waals surface area contributed by atoms with Gasteiger partial charge in [0.2, 0.25) is 15.9 Å². The van der Waals surface area contributed by atoms with E-state index in [-0.39, 0.29) is 30.0 Å². The van der Waals surface area contributed by atoms with Crippen LogP contribution in [0, 0.1) is 0 Å². The molecule has 21 heavy (non-hydrogen) atoms. The van der Waals surface area contributed by atoms with Crippen molar-refractivity contribution < 1.29 is 23.1 Å². The topological polar surface area (TPSA) is 104 Å². The van der Waals surface area contributed by atoms with Gasteiger partial charge in [0, 0.05) is 18.0 Å². The lowest BCUT2D eigenvalue weighted by atomic mass is 10.1. The highest BCUT2D eigenvalue weighted by Gasteiger charge is 2.36. The van der Waals surface area contributed by atoms with Crippen LogP contribution in [0.2, 0.25) is 0 Å². The Morgan fingerprint density at radius 3 is 2.76 bits per heavy atom. The van der Waals surface area contributed by atoms with E-state index in [4.69, 9.17) is 5.11 Å². The van der Waals surface area contributed by atoms with Crippen molar-refractivity contribution in [3.05, 3.63) is 29.8 Å². The van der Waals surface area contributed by atoms with Gasteiger partial charge in [-0.2, -0.15) is 0 Å². The molecule has 2 amide bonds. The number of carbonyl (C=O) groups is 2. The van der Waals surface area contributed by atoms with Crippen LogP contribution >= 0.6 is 0 Å². The lowest BCUT2D eigenvalue weighted by Crippen LogP contribution is -2.35. The summed E-state index contributed by atoms with van der Waals surface area (Å²) < 4.78 is 24.4. The first-order valence-electron chi connectivity index (χ1n) is 6.43. The number of rotatable bonds is 4. The zero-order valence-corrected chi connectivity index (χ0v) is 12.3. The fraction of sp³-hybridized carbons (Fsp3) is 0.385. The van der Waals surface area contributed by atoms with Crippen LogP contribution in [0.3, 0.4) is 0 Å². The number of hydrogen-bond acceptors (Lipinski definition) is 5. The van der Waals surface area contributed by atoms with Gasteiger partial charge in [0.1, 0.15) is 0 Å². The maximum atomic E-state index is 11.9. The minimum absolute atomic E-state index is 0.0553. The van der Waals surface area contributed by atoms with Gasteiger partial charge in [0.25, 0.3) is 5.91 Å². The molecule has 1 atom stereocenters. The highest BCUT2D eigenvalue weighted by Crippen LogP contribution is 2.25. The maximum Gasteiger partial charge on any atom is 0.251 e. The normalized spacial score (nSPS) is 18.6. The van der Waals surface area contributed by atoms with Crippen molar-refractivity contribution in [1.82, 2.24) is 5.32 Å². The number of carbonyl (C=O) groups excluding carboxylic acids is 2. The minimum atomic E-state index is -3.65. The van der Waals surface area contributed by atoms with Crippen molar-refractivity contribution in [3.63, 3.8) is 0 Å². The summed E-state index contributed by atoms with van der Waals surface area (Å²) in [5.74, 6) is -1.16. The molecular weight excluding hydrogens is 296 g/mol. The van der Waals surface area contributed by atoms with E-state index in [0.717, 1.165) is 4.31 Å². The molecule has 0 bridgehead atoms. The van der Waals surface area contributed by atoms with E-state index in [1.165, 1.54) is 24.3 Å². The zero-order chi connectivity index (χ0) is 15.6. The van der Waals surface area contributed by atoms with E-state index in [2.05, 4.69) is 5.32 Å². The van der Waals surface area contributed by atoms with Crippen molar-refractivity contribution in [1.29, 1.82) is 0 Å². The predicted molar refractivity (Wildman–Crippen MR) is 76.3 cm³/mol. The van der Waals surface area contributed by atoms with Crippen molar-refractivity contribution in [2.75, 3.05) is 16.7 Å². The molecule has 1 aliphatic rings. The third-order valence-electron chi connectivity index (χ3n) is 3.07. The Labute approximate surface area is 122 Å². The third-order valence-corrected chi connectivity index (χ3v) is 4.76. The maximum absolute atomic E-state index is 11.9. The second kappa shape index (κ2) is 5.82. The molecule has 0 aliphatic carbocycles. The van der Waals surface area contributed by atoms with E-state index in [1.54, 1.807) is 6.92 Å². The van der Waals surface area contributed by atoms with Gasteiger partial charge in [0.05, 0.1) is 18.0 Å². The van der Waals surface area contributed by atoms with Crippen LogP contribution < -0.4 is 9.62 Å². The summed E-state index contributed by atoms with van der Waals surface area (Å²) in [6.45, 7) is 1.43. The van der Waals surface area contributed by atoms with Crippen LogP contribution in [0.25, 0.3) is 0 Å². The fourth-order valence-corrected chi connectivity index (χ4v) is 3.45. The van der Waals surface area contributed by atoms with E-state index in [0.29, 0.717) is 0 Å². The first-order chi connectivity index (χ1) is 9.85. The lowest BCUT2D eigenvalue weighted by molar-refractivity contribution is -0.116. The number of aliphatic hydroxyl groups excluding tert-OH is 1. The molecule has 1 aromatic carbocycles. The third kappa shape index (κ3) is 3.22. The first kappa shape index (κ1) is 15.5. The summed E-state index contributed by atoms with van der Waals surface area (Å²) >= 11 is 0. The zero-order valence-electron chi connectivity index (χ0n) is 11.4. The van der Waals surface area contributed by atoms with E-state index in [1.807, 2.05) is 0 Å². The minimum Gasteiger partial charge on any atom is -0.394 e. The molecular formula is C13H16N2O5S. The van der Waals surface area contributed by atoms with Crippen molar-refractivity contribution in [3.8, 4) is 0 Å². The number of hydrogen-bond donors (Lipinski definition) is 2.